The van der Waals surface area contributed by atoms with Crippen LogP contribution in [0.2, 0.25) is 0 Å². The summed E-state index contributed by atoms with van der Waals surface area (Å²) in [5.41, 5.74) is 1.26. The number of sulfonamides is 1. The highest BCUT2D eigenvalue weighted by Gasteiger charge is 2.16. The fraction of sp³-hybridized carbons (Fsp3) is 0.385. The predicted molar refractivity (Wildman–Crippen MR) is 80.6 cm³/mol. The molecule has 0 saturated heterocycles. The van der Waals surface area contributed by atoms with Crippen molar-refractivity contribution >= 4 is 15.7 Å². The molecule has 0 saturated carbocycles. The summed E-state index contributed by atoms with van der Waals surface area (Å²) in [6, 6.07) is 3.42. The monoisotopic (exact) mass is 309 g/mol. The molecule has 0 atom stereocenters. The molecular weight excluding hydrogens is 290 g/mol. The van der Waals surface area contributed by atoms with Crippen molar-refractivity contribution in [3.63, 3.8) is 0 Å². The summed E-state index contributed by atoms with van der Waals surface area (Å²) in [4.78, 5) is 4.19. The number of pyridine rings is 1. The molecule has 2 aromatic heterocycles. The van der Waals surface area contributed by atoms with Gasteiger partial charge in [-0.3, -0.25) is 14.4 Å². The molecule has 0 aliphatic heterocycles. The Balaban J connectivity index is 2.07. The highest BCUT2D eigenvalue weighted by molar-refractivity contribution is 7.92. The van der Waals surface area contributed by atoms with E-state index in [-0.39, 0.29) is 4.90 Å². The van der Waals surface area contributed by atoms with E-state index in [1.54, 1.807) is 16.8 Å². The van der Waals surface area contributed by atoms with Gasteiger partial charge in [0.2, 0.25) is 0 Å². The number of rotatable bonds is 7. The third-order valence-electron chi connectivity index (χ3n) is 2.85. The standard InChI is InChI=1S/C13H19N5O2S/c1-3-14-6-7-18-10-13(9-16-18)21(19,20)17-12-5-4-11(2)15-8-12/h4-5,8-10,14,17H,3,6-7H2,1-2H3. The van der Waals surface area contributed by atoms with Crippen LogP contribution >= 0.6 is 0 Å². The van der Waals surface area contributed by atoms with Crippen molar-refractivity contribution in [1.82, 2.24) is 20.1 Å². The average Bonchev–Trinajstić information content (AvgIpc) is 2.91. The van der Waals surface area contributed by atoms with Crippen LogP contribution in [0.25, 0.3) is 0 Å². The fourth-order valence-corrected chi connectivity index (χ4v) is 2.71. The zero-order valence-electron chi connectivity index (χ0n) is 12.1. The van der Waals surface area contributed by atoms with Crippen molar-refractivity contribution in [2.24, 2.45) is 0 Å². The predicted octanol–water partition coefficient (Wildman–Crippen LogP) is 0.997. The van der Waals surface area contributed by atoms with Crippen LogP contribution in [-0.2, 0) is 16.6 Å². The van der Waals surface area contributed by atoms with Gasteiger partial charge < -0.3 is 5.32 Å². The molecule has 0 aliphatic rings. The van der Waals surface area contributed by atoms with Crippen LogP contribution in [0.5, 0.6) is 0 Å². The van der Waals surface area contributed by atoms with E-state index < -0.39 is 10.0 Å². The van der Waals surface area contributed by atoms with Crippen molar-refractivity contribution in [3.05, 3.63) is 36.4 Å². The summed E-state index contributed by atoms with van der Waals surface area (Å²) in [5, 5.41) is 7.21. The second-order valence-electron chi connectivity index (χ2n) is 4.59. The normalized spacial score (nSPS) is 11.5. The minimum absolute atomic E-state index is 0.138. The SMILES string of the molecule is CCNCCn1cc(S(=O)(=O)Nc2ccc(C)nc2)cn1. The summed E-state index contributed by atoms with van der Waals surface area (Å²) in [6.07, 6.45) is 4.35. The average molecular weight is 309 g/mol. The van der Waals surface area contributed by atoms with Crippen LogP contribution in [0, 0.1) is 6.92 Å². The lowest BCUT2D eigenvalue weighted by Crippen LogP contribution is -2.19. The Kier molecular flexibility index (Phi) is 4.92. The first-order chi connectivity index (χ1) is 10.0. The highest BCUT2D eigenvalue weighted by Crippen LogP contribution is 2.14. The van der Waals surface area contributed by atoms with Crippen LogP contribution in [-0.4, -0.2) is 36.3 Å². The first-order valence-corrected chi connectivity index (χ1v) is 8.18. The summed E-state index contributed by atoms with van der Waals surface area (Å²) in [7, 11) is -3.63. The number of aromatic nitrogens is 3. The van der Waals surface area contributed by atoms with Gasteiger partial charge in [-0.1, -0.05) is 6.92 Å². The van der Waals surface area contributed by atoms with E-state index >= 15 is 0 Å². The Morgan fingerprint density at radius 2 is 2.10 bits per heavy atom. The number of hydrogen-bond acceptors (Lipinski definition) is 5. The van der Waals surface area contributed by atoms with E-state index in [1.807, 2.05) is 13.8 Å². The molecule has 114 valence electrons. The second-order valence-corrected chi connectivity index (χ2v) is 6.27. The maximum atomic E-state index is 12.2. The molecule has 8 heteroatoms. The summed E-state index contributed by atoms with van der Waals surface area (Å²) in [5.74, 6) is 0. The molecule has 0 spiro atoms. The van der Waals surface area contributed by atoms with Crippen LogP contribution in [0.1, 0.15) is 12.6 Å². The molecule has 2 N–H and O–H groups in total. The first-order valence-electron chi connectivity index (χ1n) is 6.70. The molecule has 0 unspecified atom stereocenters. The molecule has 7 nitrogen and oxygen atoms in total. The third kappa shape index (κ3) is 4.27. The minimum Gasteiger partial charge on any atom is -0.315 e. The number of likely N-dealkylation sites (N-methyl/N-ethyl adjacent to an activating group) is 1. The van der Waals surface area contributed by atoms with Crippen LogP contribution in [0.4, 0.5) is 5.69 Å². The van der Waals surface area contributed by atoms with Gasteiger partial charge in [-0.25, -0.2) is 8.42 Å². The summed E-state index contributed by atoms with van der Waals surface area (Å²) in [6.45, 7) is 6.09. The van der Waals surface area contributed by atoms with Crippen molar-refractivity contribution in [2.75, 3.05) is 17.8 Å². The molecule has 0 radical (unpaired) electrons. The second kappa shape index (κ2) is 6.68. The molecule has 0 bridgehead atoms. The van der Waals surface area contributed by atoms with Gasteiger partial charge in [0.05, 0.1) is 24.6 Å². The molecule has 0 aromatic carbocycles. The van der Waals surface area contributed by atoms with E-state index in [4.69, 9.17) is 0 Å². The zero-order chi connectivity index (χ0) is 15.3. The van der Waals surface area contributed by atoms with Gasteiger partial charge in [0.1, 0.15) is 4.90 Å². The molecule has 2 aromatic rings. The molecule has 2 rings (SSSR count). The van der Waals surface area contributed by atoms with Crippen molar-refractivity contribution in [2.45, 2.75) is 25.3 Å². The fourth-order valence-electron chi connectivity index (χ4n) is 1.72. The maximum Gasteiger partial charge on any atom is 0.265 e. The van der Waals surface area contributed by atoms with Crippen molar-refractivity contribution < 1.29 is 8.42 Å². The first kappa shape index (κ1) is 15.5. The number of anilines is 1. The lowest BCUT2D eigenvalue weighted by Gasteiger charge is -2.05. The van der Waals surface area contributed by atoms with E-state index in [2.05, 4.69) is 20.1 Å². The van der Waals surface area contributed by atoms with Gasteiger partial charge in [0.15, 0.2) is 0 Å². The van der Waals surface area contributed by atoms with Gasteiger partial charge in [0.25, 0.3) is 10.0 Å². The molecular formula is C13H19N5O2S. The summed E-state index contributed by atoms with van der Waals surface area (Å²) < 4.78 is 28.5. The van der Waals surface area contributed by atoms with Gasteiger partial charge in [-0.05, 0) is 25.6 Å². The van der Waals surface area contributed by atoms with E-state index in [1.165, 1.54) is 18.6 Å². The number of aryl methyl sites for hydroxylation is 1. The summed E-state index contributed by atoms with van der Waals surface area (Å²) >= 11 is 0. The Morgan fingerprint density at radius 3 is 2.76 bits per heavy atom. The lowest BCUT2D eigenvalue weighted by molar-refractivity contribution is 0.564. The largest absolute Gasteiger partial charge is 0.315 e. The van der Waals surface area contributed by atoms with Crippen LogP contribution in [0.15, 0.2) is 35.6 Å². The molecule has 0 aliphatic carbocycles. The molecule has 0 fully saturated rings. The quantitative estimate of drug-likeness (QED) is 0.745. The van der Waals surface area contributed by atoms with E-state index in [9.17, 15) is 8.42 Å². The van der Waals surface area contributed by atoms with Gasteiger partial charge in [-0.2, -0.15) is 5.10 Å². The Morgan fingerprint density at radius 1 is 1.29 bits per heavy atom. The number of nitrogens with one attached hydrogen (secondary N) is 2. The molecule has 0 amide bonds. The number of hydrogen-bond donors (Lipinski definition) is 2. The topological polar surface area (TPSA) is 88.9 Å². The molecule has 21 heavy (non-hydrogen) atoms. The van der Waals surface area contributed by atoms with Crippen molar-refractivity contribution in [1.29, 1.82) is 0 Å². The Hall–Kier alpha value is -1.93. The minimum atomic E-state index is -3.63. The zero-order valence-corrected chi connectivity index (χ0v) is 12.9. The van der Waals surface area contributed by atoms with Crippen molar-refractivity contribution in [3.8, 4) is 0 Å². The molecule has 2 heterocycles. The van der Waals surface area contributed by atoms with Crippen LogP contribution < -0.4 is 10.0 Å². The number of nitrogens with zero attached hydrogens (tertiary/aromatic N) is 3. The maximum absolute atomic E-state index is 12.2. The van der Waals surface area contributed by atoms with Crippen LogP contribution in [0.3, 0.4) is 0 Å². The smallest absolute Gasteiger partial charge is 0.265 e. The van der Waals surface area contributed by atoms with E-state index in [0.29, 0.717) is 12.2 Å². The highest BCUT2D eigenvalue weighted by atomic mass is 32.2. The van der Waals surface area contributed by atoms with Gasteiger partial charge in [-0.15, -0.1) is 0 Å². The van der Waals surface area contributed by atoms with Gasteiger partial charge in [0, 0.05) is 18.4 Å². The van der Waals surface area contributed by atoms with E-state index in [0.717, 1.165) is 18.8 Å². The Bertz CT molecular complexity index is 679. The third-order valence-corrected chi connectivity index (χ3v) is 4.19. The lowest BCUT2D eigenvalue weighted by atomic mass is 10.4. The Labute approximate surface area is 124 Å². The van der Waals surface area contributed by atoms with Gasteiger partial charge >= 0.3 is 0 Å².